The normalized spacial score (nSPS) is 11.2. The highest BCUT2D eigenvalue weighted by atomic mass is 32.1. The summed E-state index contributed by atoms with van der Waals surface area (Å²) in [6, 6.07) is 1.88. The molecule has 0 aliphatic carbocycles. The van der Waals surface area contributed by atoms with Gasteiger partial charge in [-0.2, -0.15) is 4.37 Å². The van der Waals surface area contributed by atoms with Gasteiger partial charge < -0.3 is 0 Å². The van der Waals surface area contributed by atoms with Crippen LogP contribution >= 0.6 is 11.5 Å². The highest BCUT2D eigenvalue weighted by molar-refractivity contribution is 7.12. The molecule has 0 fully saturated rings. The van der Waals surface area contributed by atoms with E-state index in [1.54, 1.807) is 10.9 Å². The summed E-state index contributed by atoms with van der Waals surface area (Å²) in [5, 5.41) is 0.597. The van der Waals surface area contributed by atoms with Gasteiger partial charge in [-0.3, -0.25) is 9.36 Å². The van der Waals surface area contributed by atoms with E-state index in [0.29, 0.717) is 22.6 Å². The Morgan fingerprint density at radius 3 is 2.80 bits per heavy atom. The van der Waals surface area contributed by atoms with E-state index in [0.717, 1.165) is 17.1 Å². The third-order valence-corrected chi connectivity index (χ3v) is 3.83. The number of aromatic nitrogens is 5. The Morgan fingerprint density at radius 1 is 1.25 bits per heavy atom. The van der Waals surface area contributed by atoms with Gasteiger partial charge >= 0.3 is 0 Å². The van der Waals surface area contributed by atoms with Crippen molar-refractivity contribution in [2.45, 2.75) is 27.3 Å². The first kappa shape index (κ1) is 12.9. The Kier molecular flexibility index (Phi) is 3.06. The van der Waals surface area contributed by atoms with E-state index in [1.807, 2.05) is 26.8 Å². The Morgan fingerprint density at radius 2 is 2.05 bits per heavy atom. The van der Waals surface area contributed by atoms with Gasteiger partial charge in [0.1, 0.15) is 5.82 Å². The molecule has 0 atom stereocenters. The van der Waals surface area contributed by atoms with E-state index in [2.05, 4.69) is 19.3 Å². The third kappa shape index (κ3) is 2.20. The maximum Gasteiger partial charge on any atom is 0.264 e. The summed E-state index contributed by atoms with van der Waals surface area (Å²) in [6.07, 6.45) is 1.55. The van der Waals surface area contributed by atoms with Crippen molar-refractivity contribution in [1.82, 2.24) is 23.9 Å². The number of rotatable bonds is 2. The molecule has 6 nitrogen and oxygen atoms in total. The summed E-state index contributed by atoms with van der Waals surface area (Å²) in [4.78, 5) is 26.0. The molecule has 3 rings (SSSR count). The average molecular weight is 287 g/mol. The maximum absolute atomic E-state index is 12.4. The van der Waals surface area contributed by atoms with Crippen molar-refractivity contribution in [3.8, 4) is 0 Å². The van der Waals surface area contributed by atoms with Crippen molar-refractivity contribution >= 4 is 21.7 Å². The Labute approximate surface area is 119 Å². The molecule has 20 heavy (non-hydrogen) atoms. The van der Waals surface area contributed by atoms with Crippen LogP contribution in [0.4, 0.5) is 0 Å². The average Bonchev–Trinajstić information content (AvgIpc) is 2.74. The number of hydrogen-bond acceptors (Lipinski definition) is 6. The predicted molar refractivity (Wildman–Crippen MR) is 77.0 cm³/mol. The molecule has 102 valence electrons. The molecule has 3 aromatic rings. The quantitative estimate of drug-likeness (QED) is 0.716. The van der Waals surface area contributed by atoms with Gasteiger partial charge in [-0.25, -0.2) is 15.0 Å². The lowest BCUT2D eigenvalue weighted by molar-refractivity contribution is 0.720. The lowest BCUT2D eigenvalue weighted by atomic mass is 10.3. The molecule has 0 aliphatic heterocycles. The molecule has 0 saturated heterocycles. The molecule has 0 radical (unpaired) electrons. The molecular formula is C13H13N5OS. The summed E-state index contributed by atoms with van der Waals surface area (Å²) < 4.78 is 5.73. The van der Waals surface area contributed by atoms with E-state index in [1.165, 1.54) is 11.5 Å². The van der Waals surface area contributed by atoms with Crippen LogP contribution in [-0.2, 0) is 6.54 Å². The summed E-state index contributed by atoms with van der Waals surface area (Å²) in [7, 11) is 0. The van der Waals surface area contributed by atoms with E-state index < -0.39 is 0 Å². The van der Waals surface area contributed by atoms with Crippen LogP contribution in [0.25, 0.3) is 10.2 Å². The molecule has 0 spiro atoms. The Bertz CT molecular complexity index is 831. The summed E-state index contributed by atoms with van der Waals surface area (Å²) >= 11 is 1.25. The molecular weight excluding hydrogens is 274 g/mol. The van der Waals surface area contributed by atoms with Crippen LogP contribution in [0.3, 0.4) is 0 Å². The van der Waals surface area contributed by atoms with E-state index in [4.69, 9.17) is 0 Å². The predicted octanol–water partition coefficient (Wildman–Crippen LogP) is 1.62. The van der Waals surface area contributed by atoms with Gasteiger partial charge in [0, 0.05) is 5.69 Å². The van der Waals surface area contributed by atoms with Crippen molar-refractivity contribution in [1.29, 1.82) is 0 Å². The van der Waals surface area contributed by atoms with Crippen LogP contribution in [0.2, 0.25) is 0 Å². The fraction of sp³-hybridized carbons (Fsp3) is 0.308. The van der Waals surface area contributed by atoms with E-state index in [-0.39, 0.29) is 5.56 Å². The van der Waals surface area contributed by atoms with Gasteiger partial charge in [-0.15, -0.1) is 0 Å². The first-order valence-electron chi connectivity index (χ1n) is 6.17. The monoisotopic (exact) mass is 287 g/mol. The first-order chi connectivity index (χ1) is 9.54. The summed E-state index contributed by atoms with van der Waals surface area (Å²) in [6.45, 7) is 5.97. The van der Waals surface area contributed by atoms with Crippen molar-refractivity contribution in [2.24, 2.45) is 0 Å². The van der Waals surface area contributed by atoms with E-state index >= 15 is 0 Å². The molecule has 0 N–H and O–H groups in total. The number of nitrogens with zero attached hydrogens (tertiary/aromatic N) is 5. The van der Waals surface area contributed by atoms with Gasteiger partial charge in [0.05, 0.1) is 29.6 Å². The fourth-order valence-electron chi connectivity index (χ4n) is 2.17. The molecule has 0 amide bonds. The van der Waals surface area contributed by atoms with Crippen molar-refractivity contribution in [3.63, 3.8) is 0 Å². The fourth-order valence-corrected chi connectivity index (χ4v) is 2.91. The summed E-state index contributed by atoms with van der Waals surface area (Å²) in [5.74, 6) is 0.704. The Balaban J connectivity index is 2.09. The molecule has 7 heteroatoms. The largest absolute Gasteiger partial charge is 0.293 e. The zero-order valence-corrected chi connectivity index (χ0v) is 12.2. The molecule has 0 unspecified atom stereocenters. The van der Waals surface area contributed by atoms with Gasteiger partial charge in [0.25, 0.3) is 5.56 Å². The first-order valence-corrected chi connectivity index (χ1v) is 6.94. The minimum Gasteiger partial charge on any atom is -0.293 e. The second-order valence-electron chi connectivity index (χ2n) is 4.67. The zero-order valence-electron chi connectivity index (χ0n) is 11.4. The summed E-state index contributed by atoms with van der Waals surface area (Å²) in [5.41, 5.74) is 2.35. The lowest BCUT2D eigenvalue weighted by Crippen LogP contribution is -2.21. The maximum atomic E-state index is 12.4. The molecule has 0 saturated carbocycles. The van der Waals surface area contributed by atoms with Gasteiger partial charge in [0.2, 0.25) is 0 Å². The second kappa shape index (κ2) is 4.75. The van der Waals surface area contributed by atoms with Crippen LogP contribution in [0.15, 0.2) is 17.2 Å². The highest BCUT2D eigenvalue weighted by Gasteiger charge is 2.11. The number of aryl methyl sites for hydroxylation is 3. The van der Waals surface area contributed by atoms with Crippen LogP contribution in [0.1, 0.15) is 22.9 Å². The topological polar surface area (TPSA) is 73.6 Å². The van der Waals surface area contributed by atoms with Crippen LogP contribution in [0.5, 0.6) is 0 Å². The number of hydrogen-bond donors (Lipinski definition) is 0. The lowest BCUT2D eigenvalue weighted by Gasteiger charge is -2.06. The Hall–Kier alpha value is -2.15. The molecule has 3 aromatic heterocycles. The van der Waals surface area contributed by atoms with Gasteiger partial charge in [-0.05, 0) is 38.4 Å². The second-order valence-corrected chi connectivity index (χ2v) is 5.43. The van der Waals surface area contributed by atoms with Crippen molar-refractivity contribution in [2.75, 3.05) is 0 Å². The number of fused-ring (bicyclic) bond motifs is 1. The highest BCUT2D eigenvalue weighted by Crippen LogP contribution is 2.15. The standard InChI is InChI=1S/C13H13N5OS/c1-7-4-10(16-9(3)15-7)5-18-6-14-12-11(13(18)19)8(2)17-20-12/h4,6H,5H2,1-3H3. The minimum atomic E-state index is -0.0739. The van der Waals surface area contributed by atoms with E-state index in [9.17, 15) is 4.79 Å². The molecule has 0 bridgehead atoms. The van der Waals surface area contributed by atoms with Crippen LogP contribution in [0, 0.1) is 20.8 Å². The minimum absolute atomic E-state index is 0.0739. The van der Waals surface area contributed by atoms with Gasteiger partial charge in [0.15, 0.2) is 4.83 Å². The SMILES string of the molecule is Cc1cc(Cn2cnc3snc(C)c3c2=O)nc(C)n1. The zero-order chi connectivity index (χ0) is 14.3. The van der Waals surface area contributed by atoms with Crippen molar-refractivity contribution < 1.29 is 0 Å². The third-order valence-electron chi connectivity index (χ3n) is 2.99. The molecule has 0 aliphatic rings. The van der Waals surface area contributed by atoms with Gasteiger partial charge in [-0.1, -0.05) is 0 Å². The van der Waals surface area contributed by atoms with Crippen LogP contribution < -0.4 is 5.56 Å². The van der Waals surface area contributed by atoms with Crippen molar-refractivity contribution in [3.05, 3.63) is 45.7 Å². The molecule has 0 aromatic carbocycles. The smallest absolute Gasteiger partial charge is 0.264 e. The molecule has 3 heterocycles. The van der Waals surface area contributed by atoms with Crippen LogP contribution in [-0.4, -0.2) is 23.9 Å².